The second kappa shape index (κ2) is 7.20. The van der Waals surface area contributed by atoms with Gasteiger partial charge in [0.25, 0.3) is 0 Å². The van der Waals surface area contributed by atoms with Crippen molar-refractivity contribution in [1.29, 1.82) is 0 Å². The summed E-state index contributed by atoms with van der Waals surface area (Å²) in [5.74, 6) is 0.570. The van der Waals surface area contributed by atoms with Crippen LogP contribution in [0.15, 0.2) is 54.6 Å². The zero-order valence-electron chi connectivity index (χ0n) is 11.3. The van der Waals surface area contributed by atoms with Crippen LogP contribution in [0.3, 0.4) is 0 Å². The summed E-state index contributed by atoms with van der Waals surface area (Å²) in [5, 5.41) is 0. The molecule has 0 saturated heterocycles. The molecular formula is C17H20ClN. The van der Waals surface area contributed by atoms with E-state index in [0.29, 0.717) is 5.88 Å². The number of para-hydroxylation sites is 1. The zero-order valence-corrected chi connectivity index (χ0v) is 12.1. The van der Waals surface area contributed by atoms with Gasteiger partial charge in [-0.05, 0) is 36.2 Å². The smallest absolute Gasteiger partial charge is 0.0474 e. The maximum Gasteiger partial charge on any atom is 0.0474 e. The van der Waals surface area contributed by atoms with Crippen LogP contribution in [0.25, 0.3) is 0 Å². The first-order valence-electron chi connectivity index (χ1n) is 6.82. The van der Waals surface area contributed by atoms with Crippen molar-refractivity contribution in [2.75, 3.05) is 11.4 Å². The third-order valence-electron chi connectivity index (χ3n) is 3.21. The van der Waals surface area contributed by atoms with Crippen LogP contribution in [0.5, 0.6) is 0 Å². The highest BCUT2D eigenvalue weighted by atomic mass is 35.5. The number of rotatable bonds is 6. The van der Waals surface area contributed by atoms with E-state index >= 15 is 0 Å². The predicted octanol–water partition coefficient (Wildman–Crippen LogP) is 5.36. The highest BCUT2D eigenvalue weighted by Gasteiger charge is 2.08. The van der Waals surface area contributed by atoms with Crippen molar-refractivity contribution in [2.45, 2.75) is 25.6 Å². The highest BCUT2D eigenvalue weighted by molar-refractivity contribution is 6.17. The molecule has 2 heteroatoms. The van der Waals surface area contributed by atoms with E-state index in [4.69, 9.17) is 11.6 Å². The highest BCUT2D eigenvalue weighted by Crippen LogP contribution is 2.26. The number of halogens is 1. The molecule has 0 fully saturated rings. The van der Waals surface area contributed by atoms with E-state index < -0.39 is 0 Å². The number of hydrogen-bond acceptors (Lipinski definition) is 1. The average molecular weight is 274 g/mol. The third kappa shape index (κ3) is 3.74. The van der Waals surface area contributed by atoms with Gasteiger partial charge in [-0.1, -0.05) is 43.7 Å². The Morgan fingerprint density at radius 2 is 1.53 bits per heavy atom. The quantitative estimate of drug-likeness (QED) is 0.640. The number of anilines is 2. The maximum atomic E-state index is 5.85. The topological polar surface area (TPSA) is 3.24 Å². The second-order valence-electron chi connectivity index (χ2n) is 4.64. The van der Waals surface area contributed by atoms with E-state index in [-0.39, 0.29) is 0 Å². The summed E-state index contributed by atoms with van der Waals surface area (Å²) in [7, 11) is 0. The van der Waals surface area contributed by atoms with E-state index in [1.807, 2.05) is 0 Å². The van der Waals surface area contributed by atoms with Gasteiger partial charge in [-0.25, -0.2) is 0 Å². The Hall–Kier alpha value is -1.47. The standard InChI is InChI=1S/C17H20ClN/c1-2-3-13-19(16-7-5-4-6-8-16)17-11-9-15(14-18)10-12-17/h4-12H,2-3,13-14H2,1H3. The van der Waals surface area contributed by atoms with E-state index in [9.17, 15) is 0 Å². The van der Waals surface area contributed by atoms with Crippen molar-refractivity contribution in [3.63, 3.8) is 0 Å². The number of benzene rings is 2. The fourth-order valence-corrected chi connectivity index (χ4v) is 2.27. The van der Waals surface area contributed by atoms with Crippen LogP contribution in [0.1, 0.15) is 25.3 Å². The Kier molecular flexibility index (Phi) is 5.29. The van der Waals surface area contributed by atoms with E-state index in [1.54, 1.807) is 0 Å². The van der Waals surface area contributed by atoms with Gasteiger partial charge in [-0.2, -0.15) is 0 Å². The van der Waals surface area contributed by atoms with E-state index in [1.165, 1.54) is 24.2 Å². The summed E-state index contributed by atoms with van der Waals surface area (Å²) in [5.41, 5.74) is 3.64. The summed E-state index contributed by atoms with van der Waals surface area (Å²) >= 11 is 5.85. The first-order chi connectivity index (χ1) is 9.35. The normalized spacial score (nSPS) is 10.4. The fraction of sp³-hybridized carbons (Fsp3) is 0.294. The third-order valence-corrected chi connectivity index (χ3v) is 3.51. The van der Waals surface area contributed by atoms with Gasteiger partial charge in [0.05, 0.1) is 0 Å². The lowest BCUT2D eigenvalue weighted by Crippen LogP contribution is -2.18. The summed E-state index contributed by atoms with van der Waals surface area (Å²) in [6, 6.07) is 19.0. The van der Waals surface area contributed by atoms with Crippen molar-refractivity contribution >= 4 is 23.0 Å². The molecule has 0 aliphatic carbocycles. The molecule has 0 aliphatic rings. The minimum absolute atomic E-state index is 0.570. The van der Waals surface area contributed by atoms with Gasteiger partial charge in [-0.3, -0.25) is 0 Å². The summed E-state index contributed by atoms with van der Waals surface area (Å²) < 4.78 is 0. The number of alkyl halides is 1. The molecule has 0 N–H and O–H groups in total. The molecule has 2 rings (SSSR count). The molecule has 0 atom stereocenters. The van der Waals surface area contributed by atoms with E-state index in [2.05, 4.69) is 66.4 Å². The Balaban J connectivity index is 2.26. The zero-order chi connectivity index (χ0) is 13.5. The summed E-state index contributed by atoms with van der Waals surface area (Å²) in [4.78, 5) is 2.36. The SMILES string of the molecule is CCCCN(c1ccccc1)c1ccc(CCl)cc1. The van der Waals surface area contributed by atoms with Crippen LogP contribution >= 0.6 is 11.6 Å². The lowest BCUT2D eigenvalue weighted by Gasteiger charge is -2.25. The molecule has 2 aromatic carbocycles. The number of unbranched alkanes of at least 4 members (excludes halogenated alkanes) is 1. The van der Waals surface area contributed by atoms with Crippen molar-refractivity contribution in [3.05, 3.63) is 60.2 Å². The summed E-state index contributed by atoms with van der Waals surface area (Å²) in [6.07, 6.45) is 2.38. The average Bonchev–Trinajstić information content (AvgIpc) is 2.49. The minimum Gasteiger partial charge on any atom is -0.341 e. The van der Waals surface area contributed by atoms with Gasteiger partial charge in [0, 0.05) is 23.8 Å². The van der Waals surface area contributed by atoms with Crippen LogP contribution in [-0.2, 0) is 5.88 Å². The summed E-state index contributed by atoms with van der Waals surface area (Å²) in [6.45, 7) is 3.26. The Morgan fingerprint density at radius 3 is 2.11 bits per heavy atom. The van der Waals surface area contributed by atoms with Crippen LogP contribution in [0.4, 0.5) is 11.4 Å². The van der Waals surface area contributed by atoms with Crippen LogP contribution < -0.4 is 4.90 Å². The molecule has 100 valence electrons. The molecule has 0 spiro atoms. The molecule has 0 amide bonds. The van der Waals surface area contributed by atoms with Crippen molar-refractivity contribution in [3.8, 4) is 0 Å². The number of nitrogens with zero attached hydrogens (tertiary/aromatic N) is 1. The van der Waals surface area contributed by atoms with Gasteiger partial charge in [-0.15, -0.1) is 11.6 Å². The van der Waals surface area contributed by atoms with Crippen LogP contribution in [0.2, 0.25) is 0 Å². The van der Waals surface area contributed by atoms with Gasteiger partial charge in [0.2, 0.25) is 0 Å². The van der Waals surface area contributed by atoms with Crippen molar-refractivity contribution < 1.29 is 0 Å². The molecule has 0 aliphatic heterocycles. The molecule has 0 aromatic heterocycles. The van der Waals surface area contributed by atoms with Crippen LogP contribution in [0, 0.1) is 0 Å². The van der Waals surface area contributed by atoms with Crippen molar-refractivity contribution in [2.24, 2.45) is 0 Å². The lowest BCUT2D eigenvalue weighted by molar-refractivity contribution is 0.786. The van der Waals surface area contributed by atoms with Gasteiger partial charge < -0.3 is 4.90 Å². The second-order valence-corrected chi connectivity index (χ2v) is 4.91. The Labute approximate surface area is 120 Å². The molecule has 2 aromatic rings. The number of hydrogen-bond donors (Lipinski definition) is 0. The fourth-order valence-electron chi connectivity index (χ4n) is 2.10. The largest absolute Gasteiger partial charge is 0.341 e. The molecule has 0 radical (unpaired) electrons. The molecule has 0 saturated carbocycles. The first kappa shape index (κ1) is 14.0. The lowest BCUT2D eigenvalue weighted by atomic mass is 10.1. The monoisotopic (exact) mass is 273 g/mol. The molecule has 0 heterocycles. The molecular weight excluding hydrogens is 254 g/mol. The van der Waals surface area contributed by atoms with Crippen LogP contribution in [-0.4, -0.2) is 6.54 Å². The first-order valence-corrected chi connectivity index (χ1v) is 7.36. The minimum atomic E-state index is 0.570. The van der Waals surface area contributed by atoms with Gasteiger partial charge in [0.15, 0.2) is 0 Å². The Morgan fingerprint density at radius 1 is 0.895 bits per heavy atom. The predicted molar refractivity (Wildman–Crippen MR) is 84.4 cm³/mol. The molecule has 19 heavy (non-hydrogen) atoms. The molecule has 0 unspecified atom stereocenters. The maximum absolute atomic E-state index is 5.85. The van der Waals surface area contributed by atoms with Crippen molar-refractivity contribution in [1.82, 2.24) is 0 Å². The van der Waals surface area contributed by atoms with Gasteiger partial charge >= 0.3 is 0 Å². The van der Waals surface area contributed by atoms with Gasteiger partial charge in [0.1, 0.15) is 0 Å². The molecule has 1 nitrogen and oxygen atoms in total. The van der Waals surface area contributed by atoms with E-state index in [0.717, 1.165) is 12.1 Å². The Bertz CT molecular complexity index is 478. The molecule has 0 bridgehead atoms.